The van der Waals surface area contributed by atoms with Crippen molar-refractivity contribution in [2.45, 2.75) is 89.8 Å². The van der Waals surface area contributed by atoms with Gasteiger partial charge in [0.1, 0.15) is 6.10 Å². The molecule has 3 nitrogen and oxygen atoms in total. The van der Waals surface area contributed by atoms with Crippen LogP contribution in [0, 0.1) is 11.8 Å². The van der Waals surface area contributed by atoms with Gasteiger partial charge in [0.15, 0.2) is 0 Å². The van der Waals surface area contributed by atoms with Crippen molar-refractivity contribution in [3.63, 3.8) is 0 Å². The molecule has 3 atom stereocenters. The largest absolute Gasteiger partial charge is 0.460 e. The van der Waals surface area contributed by atoms with Crippen molar-refractivity contribution >= 4 is 5.97 Å². The second-order valence-electron chi connectivity index (χ2n) is 6.83. The first kappa shape index (κ1) is 15.8. The van der Waals surface area contributed by atoms with E-state index >= 15 is 0 Å². The summed E-state index contributed by atoms with van der Waals surface area (Å²) in [6.45, 7) is 1.42. The van der Waals surface area contributed by atoms with Gasteiger partial charge in [0.2, 0.25) is 0 Å². The monoisotopic (exact) mass is 282 g/mol. The van der Waals surface area contributed by atoms with E-state index in [2.05, 4.69) is 0 Å². The smallest absolute Gasteiger partial charge is 0.302 e. The maximum Gasteiger partial charge on any atom is 0.302 e. The molecule has 0 bridgehead atoms. The Bertz CT molecular complexity index is 297. The zero-order valence-corrected chi connectivity index (χ0v) is 12.9. The van der Waals surface area contributed by atoms with Crippen LogP contribution in [-0.4, -0.2) is 23.3 Å². The van der Waals surface area contributed by atoms with E-state index in [4.69, 9.17) is 4.74 Å². The van der Waals surface area contributed by atoms with Crippen molar-refractivity contribution in [1.82, 2.24) is 0 Å². The van der Waals surface area contributed by atoms with E-state index in [0.29, 0.717) is 5.92 Å². The number of carbonyl (C=O) groups excluding carboxylic acids is 1. The molecule has 0 amide bonds. The minimum absolute atomic E-state index is 0.262. The molecule has 2 aliphatic rings. The highest BCUT2D eigenvalue weighted by Gasteiger charge is 2.30. The van der Waals surface area contributed by atoms with E-state index in [1.54, 1.807) is 0 Å². The lowest BCUT2D eigenvalue weighted by molar-refractivity contribution is -0.156. The fourth-order valence-electron chi connectivity index (χ4n) is 3.99. The number of esters is 1. The van der Waals surface area contributed by atoms with Gasteiger partial charge in [0, 0.05) is 6.92 Å². The molecule has 0 aromatic heterocycles. The lowest BCUT2D eigenvalue weighted by Crippen LogP contribution is -2.36. The van der Waals surface area contributed by atoms with Gasteiger partial charge in [-0.25, -0.2) is 0 Å². The number of ether oxygens (including phenoxy) is 1. The third kappa shape index (κ3) is 5.08. The molecule has 2 fully saturated rings. The molecular formula is C17H30O3. The van der Waals surface area contributed by atoms with Gasteiger partial charge in [-0.15, -0.1) is 0 Å². The molecule has 1 N–H and O–H groups in total. The van der Waals surface area contributed by atoms with Gasteiger partial charge < -0.3 is 9.84 Å². The van der Waals surface area contributed by atoms with Gasteiger partial charge in [0.05, 0.1) is 6.10 Å². The second kappa shape index (κ2) is 8.02. The fraction of sp³-hybridized carbons (Fsp3) is 0.941. The molecule has 3 unspecified atom stereocenters. The Kier molecular flexibility index (Phi) is 6.34. The van der Waals surface area contributed by atoms with E-state index in [1.807, 2.05) is 0 Å². The molecule has 0 aliphatic heterocycles. The molecule has 0 radical (unpaired) electrons. The molecule has 0 saturated heterocycles. The van der Waals surface area contributed by atoms with Crippen LogP contribution in [0.25, 0.3) is 0 Å². The van der Waals surface area contributed by atoms with Crippen LogP contribution in [0.3, 0.4) is 0 Å². The quantitative estimate of drug-likeness (QED) is 0.780. The van der Waals surface area contributed by atoms with Gasteiger partial charge in [-0.3, -0.25) is 4.79 Å². The van der Waals surface area contributed by atoms with Gasteiger partial charge >= 0.3 is 5.97 Å². The summed E-state index contributed by atoms with van der Waals surface area (Å²) in [6, 6.07) is 0. The van der Waals surface area contributed by atoms with E-state index in [-0.39, 0.29) is 12.1 Å². The summed E-state index contributed by atoms with van der Waals surface area (Å²) in [4.78, 5) is 11.0. The predicted octanol–water partition coefficient (Wildman–Crippen LogP) is 3.83. The standard InChI is InChI=1S/C17H30O3/c1-13(18)20-17-11-10-15(12-16(17)19)9-5-8-14-6-3-2-4-7-14/h14-17,19H,2-12H2,1H3. The summed E-state index contributed by atoms with van der Waals surface area (Å²) in [5.74, 6) is 1.32. The summed E-state index contributed by atoms with van der Waals surface area (Å²) >= 11 is 0. The van der Waals surface area contributed by atoms with E-state index in [1.165, 1.54) is 58.3 Å². The highest BCUT2D eigenvalue weighted by molar-refractivity contribution is 5.66. The third-order valence-corrected chi connectivity index (χ3v) is 5.13. The van der Waals surface area contributed by atoms with Crippen molar-refractivity contribution in [2.75, 3.05) is 0 Å². The summed E-state index contributed by atoms with van der Waals surface area (Å²) in [5.41, 5.74) is 0. The minimum atomic E-state index is -0.452. The first-order valence-corrected chi connectivity index (χ1v) is 8.50. The third-order valence-electron chi connectivity index (χ3n) is 5.13. The topological polar surface area (TPSA) is 46.5 Å². The summed E-state index contributed by atoms with van der Waals surface area (Å²) in [5, 5.41) is 10.1. The SMILES string of the molecule is CC(=O)OC1CCC(CCCC2CCCCC2)CC1O. The van der Waals surface area contributed by atoms with Crippen molar-refractivity contribution in [1.29, 1.82) is 0 Å². The van der Waals surface area contributed by atoms with E-state index in [9.17, 15) is 9.90 Å². The van der Waals surface area contributed by atoms with Gasteiger partial charge in [-0.1, -0.05) is 51.4 Å². The zero-order valence-electron chi connectivity index (χ0n) is 12.9. The second-order valence-corrected chi connectivity index (χ2v) is 6.83. The Hall–Kier alpha value is -0.570. The maximum absolute atomic E-state index is 11.0. The molecule has 0 aromatic carbocycles. The van der Waals surface area contributed by atoms with Crippen LogP contribution >= 0.6 is 0 Å². The summed E-state index contributed by atoms with van der Waals surface area (Å²) < 4.78 is 5.16. The number of hydrogen-bond acceptors (Lipinski definition) is 3. The average Bonchev–Trinajstić information content (AvgIpc) is 2.43. The van der Waals surface area contributed by atoms with Crippen molar-refractivity contribution in [3.8, 4) is 0 Å². The van der Waals surface area contributed by atoms with Crippen molar-refractivity contribution in [2.24, 2.45) is 11.8 Å². The van der Waals surface area contributed by atoms with Crippen molar-refractivity contribution < 1.29 is 14.6 Å². The van der Waals surface area contributed by atoms with Crippen LogP contribution in [0.5, 0.6) is 0 Å². The molecule has 116 valence electrons. The van der Waals surface area contributed by atoms with Gasteiger partial charge in [0.25, 0.3) is 0 Å². The molecule has 3 heteroatoms. The average molecular weight is 282 g/mol. The first-order chi connectivity index (χ1) is 9.65. The molecule has 0 spiro atoms. The molecule has 2 aliphatic carbocycles. The van der Waals surface area contributed by atoms with E-state index in [0.717, 1.165) is 25.2 Å². The Morgan fingerprint density at radius 1 is 1.05 bits per heavy atom. The Balaban J connectivity index is 1.61. The predicted molar refractivity (Wildman–Crippen MR) is 79.3 cm³/mol. The van der Waals surface area contributed by atoms with Crippen LogP contribution in [-0.2, 0) is 9.53 Å². The zero-order chi connectivity index (χ0) is 14.4. The Morgan fingerprint density at radius 3 is 2.40 bits per heavy atom. The Morgan fingerprint density at radius 2 is 1.75 bits per heavy atom. The van der Waals surface area contributed by atoms with Gasteiger partial charge in [-0.05, 0) is 31.1 Å². The number of aliphatic hydroxyl groups is 1. The van der Waals surface area contributed by atoms with Crippen LogP contribution in [0.4, 0.5) is 0 Å². The number of hydrogen-bond donors (Lipinski definition) is 1. The highest BCUT2D eigenvalue weighted by Crippen LogP contribution is 2.33. The first-order valence-electron chi connectivity index (χ1n) is 8.50. The number of carbonyl (C=O) groups is 1. The Labute approximate surface area is 123 Å². The molecular weight excluding hydrogens is 252 g/mol. The highest BCUT2D eigenvalue weighted by atomic mass is 16.6. The van der Waals surface area contributed by atoms with Crippen LogP contribution < -0.4 is 0 Å². The van der Waals surface area contributed by atoms with Crippen LogP contribution in [0.1, 0.15) is 77.6 Å². The van der Waals surface area contributed by atoms with Crippen LogP contribution in [0.2, 0.25) is 0 Å². The van der Waals surface area contributed by atoms with Gasteiger partial charge in [-0.2, -0.15) is 0 Å². The molecule has 20 heavy (non-hydrogen) atoms. The minimum Gasteiger partial charge on any atom is -0.460 e. The lowest BCUT2D eigenvalue weighted by atomic mass is 9.80. The molecule has 2 saturated carbocycles. The maximum atomic E-state index is 11.0. The molecule has 2 rings (SSSR count). The number of aliphatic hydroxyl groups excluding tert-OH is 1. The fourth-order valence-corrected chi connectivity index (χ4v) is 3.99. The molecule has 0 aromatic rings. The number of rotatable bonds is 5. The normalized spacial score (nSPS) is 32.0. The summed E-state index contributed by atoms with van der Waals surface area (Å²) in [6.07, 6.45) is 13.1. The van der Waals surface area contributed by atoms with E-state index < -0.39 is 6.10 Å². The lowest BCUT2D eigenvalue weighted by Gasteiger charge is -2.32. The summed E-state index contributed by atoms with van der Waals surface area (Å²) in [7, 11) is 0. The van der Waals surface area contributed by atoms with Crippen LogP contribution in [0.15, 0.2) is 0 Å². The van der Waals surface area contributed by atoms with Crippen molar-refractivity contribution in [3.05, 3.63) is 0 Å². The molecule has 0 heterocycles.